The predicted octanol–water partition coefficient (Wildman–Crippen LogP) is -4.15. The van der Waals surface area contributed by atoms with E-state index in [1.54, 1.807) is 16.3 Å². The normalized spacial score (nSPS) is 15.7. The van der Waals surface area contributed by atoms with E-state index in [1.165, 1.54) is 20.6 Å². The Bertz CT molecular complexity index is 764. The summed E-state index contributed by atoms with van der Waals surface area (Å²) >= 11 is 2.29. The smallest absolute Gasteiger partial charge is 1.00 e. The van der Waals surface area contributed by atoms with Crippen LogP contribution >= 0.6 is 0 Å². The number of aryl methyl sites for hydroxylation is 2. The third kappa shape index (κ3) is 4.46. The molecule has 1 aliphatic rings. The summed E-state index contributed by atoms with van der Waals surface area (Å²) in [6.45, 7) is 11.8. The minimum atomic E-state index is -1.62. The Morgan fingerprint density at radius 2 is 1.36 bits per heavy atom. The molecule has 0 saturated carbocycles. The molecule has 1 aliphatic carbocycles. The topological polar surface area (TPSA) is 0 Å². The second-order valence-electron chi connectivity index (χ2n) is 7.18. The van der Waals surface area contributed by atoms with Crippen molar-refractivity contribution in [3.63, 3.8) is 0 Å². The van der Waals surface area contributed by atoms with Crippen LogP contribution in [0.5, 0.6) is 0 Å². The van der Waals surface area contributed by atoms with Crippen LogP contribution in [-0.2, 0) is 20.4 Å². The Balaban J connectivity index is 0.00000192. The average Bonchev–Trinajstić information content (AvgIpc) is 2.71. The SMILES string of the molecule is CC1=[C]([Ti+3])c2ccccc2C1[Si](C)(C)c1cc(C)cc(C)c1.[Cl-].[Cl-].[Cl-]. The van der Waals surface area contributed by atoms with Crippen molar-refractivity contribution in [3.05, 3.63) is 70.3 Å². The van der Waals surface area contributed by atoms with E-state index in [2.05, 4.69) is 96.8 Å². The summed E-state index contributed by atoms with van der Waals surface area (Å²) in [5.41, 5.74) is 7.98. The van der Waals surface area contributed by atoms with Crippen LogP contribution in [0.1, 0.15) is 34.7 Å². The maximum Gasteiger partial charge on any atom is -1.00 e. The van der Waals surface area contributed by atoms with Crippen LogP contribution < -0.4 is 42.4 Å². The minimum Gasteiger partial charge on any atom is -1.00 e. The van der Waals surface area contributed by atoms with Gasteiger partial charge in [-0.1, -0.05) is 0 Å². The molecule has 1 unspecified atom stereocenters. The molecule has 0 bridgehead atoms. The van der Waals surface area contributed by atoms with Gasteiger partial charge in [0.2, 0.25) is 0 Å². The molecule has 2 aromatic carbocycles. The molecule has 5 heteroatoms. The first kappa shape index (κ1) is 25.0. The quantitative estimate of drug-likeness (QED) is 0.412. The van der Waals surface area contributed by atoms with Gasteiger partial charge in [-0.25, -0.2) is 0 Å². The minimum absolute atomic E-state index is 0. The first-order valence-corrected chi connectivity index (χ1v) is 11.8. The molecule has 0 radical (unpaired) electrons. The summed E-state index contributed by atoms with van der Waals surface area (Å²) in [6, 6.07) is 16.1. The van der Waals surface area contributed by atoms with Crippen molar-refractivity contribution in [1.82, 2.24) is 0 Å². The van der Waals surface area contributed by atoms with Gasteiger partial charge in [-0.3, -0.25) is 0 Å². The van der Waals surface area contributed by atoms with E-state index < -0.39 is 8.07 Å². The number of allylic oxidation sites excluding steroid dienone is 1. The van der Waals surface area contributed by atoms with Gasteiger partial charge >= 0.3 is 147 Å². The van der Waals surface area contributed by atoms with Gasteiger partial charge in [0.25, 0.3) is 0 Å². The molecule has 0 aromatic heterocycles. The van der Waals surface area contributed by atoms with Crippen LogP contribution in [0.3, 0.4) is 0 Å². The van der Waals surface area contributed by atoms with E-state index in [1.807, 2.05) is 0 Å². The van der Waals surface area contributed by atoms with Gasteiger partial charge in [0.1, 0.15) is 0 Å². The van der Waals surface area contributed by atoms with Crippen LogP contribution in [0.15, 0.2) is 48.0 Å². The molecule has 132 valence electrons. The maximum absolute atomic E-state index is 2.53. The first-order valence-electron chi connectivity index (χ1n) is 7.93. The van der Waals surface area contributed by atoms with Crippen LogP contribution in [0.4, 0.5) is 0 Å². The molecule has 0 nitrogen and oxygen atoms in total. The van der Waals surface area contributed by atoms with E-state index in [4.69, 9.17) is 0 Å². The standard InChI is InChI=1S/C20H23Si.3ClH.Ti/c1-14-10-15(2)12-18(11-14)21(4,5)20-16(3)13-17-8-6-7-9-19(17)20;;;;/h6-12,20H,1-5H3;3*1H;/q;;;;+3/p-3. The summed E-state index contributed by atoms with van der Waals surface area (Å²) in [4.78, 5) is 0. The van der Waals surface area contributed by atoms with Crippen molar-refractivity contribution < 1.29 is 57.7 Å². The Morgan fingerprint density at radius 3 is 1.92 bits per heavy atom. The molecule has 3 rings (SSSR count). The third-order valence-electron chi connectivity index (χ3n) is 5.06. The molecule has 2 aromatic rings. The summed E-state index contributed by atoms with van der Waals surface area (Å²) in [6.07, 6.45) is 0. The molecule has 0 fully saturated rings. The number of rotatable bonds is 2. The van der Waals surface area contributed by atoms with Crippen LogP contribution in [0, 0.1) is 13.8 Å². The zero-order valence-corrected chi connectivity index (χ0v) is 20.1. The van der Waals surface area contributed by atoms with Crippen LogP contribution in [0.2, 0.25) is 13.1 Å². The van der Waals surface area contributed by atoms with E-state index >= 15 is 0 Å². The van der Waals surface area contributed by atoms with Gasteiger partial charge in [0.05, 0.1) is 0 Å². The maximum atomic E-state index is 2.53. The zero-order chi connectivity index (χ0) is 16.1. The van der Waals surface area contributed by atoms with E-state index in [9.17, 15) is 0 Å². The molecule has 0 N–H and O–H groups in total. The fourth-order valence-corrected chi connectivity index (χ4v) is 8.60. The third-order valence-corrected chi connectivity index (χ3v) is 10.1. The largest absolute Gasteiger partial charge is 1.00 e. The monoisotopic (exact) mass is 444 g/mol. The molecule has 0 saturated heterocycles. The van der Waals surface area contributed by atoms with Gasteiger partial charge in [-0.2, -0.15) is 0 Å². The Labute approximate surface area is 183 Å². The van der Waals surface area contributed by atoms with E-state index in [-0.39, 0.29) is 37.2 Å². The van der Waals surface area contributed by atoms with Crippen molar-refractivity contribution in [3.8, 4) is 0 Å². The molecule has 1 atom stereocenters. The van der Waals surface area contributed by atoms with E-state index in [0.717, 1.165) is 0 Å². The summed E-state index contributed by atoms with van der Waals surface area (Å²) in [5, 5.41) is 1.58. The van der Waals surface area contributed by atoms with Gasteiger partial charge in [-0.15, -0.1) is 0 Å². The van der Waals surface area contributed by atoms with Gasteiger partial charge in [0, 0.05) is 0 Å². The van der Waals surface area contributed by atoms with E-state index in [0.29, 0.717) is 5.54 Å². The fraction of sp³-hybridized carbons (Fsp3) is 0.300. The van der Waals surface area contributed by atoms with Crippen molar-refractivity contribution in [1.29, 1.82) is 0 Å². The molecular formula is C20H23Cl3SiTi. The number of halogens is 3. The van der Waals surface area contributed by atoms with Crippen molar-refractivity contribution in [2.75, 3.05) is 0 Å². The molecule has 0 spiro atoms. The Morgan fingerprint density at radius 1 is 0.840 bits per heavy atom. The summed E-state index contributed by atoms with van der Waals surface area (Å²) in [7, 11) is -1.62. The summed E-state index contributed by atoms with van der Waals surface area (Å²) in [5.74, 6) is 0. The van der Waals surface area contributed by atoms with Crippen molar-refractivity contribution in [2.24, 2.45) is 0 Å². The fourth-order valence-electron chi connectivity index (χ4n) is 4.01. The number of fused-ring (bicyclic) bond motifs is 1. The Kier molecular flexibility index (Phi) is 9.25. The second-order valence-corrected chi connectivity index (χ2v) is 12.6. The number of benzene rings is 2. The molecular weight excluding hydrogens is 423 g/mol. The molecule has 0 amide bonds. The molecule has 0 aliphatic heterocycles. The van der Waals surface area contributed by atoms with Crippen LogP contribution in [0.25, 0.3) is 3.88 Å². The average molecular weight is 446 g/mol. The first-order chi connectivity index (χ1) is 10.3. The number of hydrogen-bond acceptors (Lipinski definition) is 0. The number of hydrogen-bond donors (Lipinski definition) is 0. The summed E-state index contributed by atoms with van der Waals surface area (Å²) < 4.78 is 1.49. The van der Waals surface area contributed by atoms with Gasteiger partial charge in [-0.05, 0) is 0 Å². The zero-order valence-electron chi connectivity index (χ0n) is 15.3. The Hall–Kier alpha value is -0.0188. The molecule has 0 heterocycles. The molecule has 25 heavy (non-hydrogen) atoms. The van der Waals surface area contributed by atoms with Crippen LogP contribution in [-0.4, -0.2) is 8.07 Å². The predicted molar refractivity (Wildman–Crippen MR) is 94.8 cm³/mol. The van der Waals surface area contributed by atoms with Crippen molar-refractivity contribution >= 4 is 17.1 Å². The second kappa shape index (κ2) is 9.26. The van der Waals surface area contributed by atoms with Gasteiger partial charge in [0.15, 0.2) is 0 Å². The van der Waals surface area contributed by atoms with Crippen molar-refractivity contribution in [2.45, 2.75) is 39.4 Å². The van der Waals surface area contributed by atoms with Gasteiger partial charge < -0.3 is 37.2 Å².